The molecule has 0 saturated heterocycles. The maximum absolute atomic E-state index is 10.9. The summed E-state index contributed by atoms with van der Waals surface area (Å²) in [5.41, 5.74) is 4.01. The van der Waals surface area contributed by atoms with Crippen molar-refractivity contribution >= 4 is 5.69 Å². The van der Waals surface area contributed by atoms with E-state index in [1.165, 1.54) is 11.6 Å². The topological polar surface area (TPSA) is 61.0 Å². The first kappa shape index (κ1) is 11.8. The first-order valence-corrected chi connectivity index (χ1v) is 6.62. The molecule has 0 unspecified atom stereocenters. The van der Waals surface area contributed by atoms with Gasteiger partial charge in [0.1, 0.15) is 5.82 Å². The van der Waals surface area contributed by atoms with E-state index in [2.05, 4.69) is 21.7 Å². The lowest BCUT2D eigenvalue weighted by molar-refractivity contribution is -0.384. The first-order valence-electron chi connectivity index (χ1n) is 6.62. The average molecular weight is 277 g/mol. The third kappa shape index (κ3) is 1.82. The van der Waals surface area contributed by atoms with E-state index in [1.54, 1.807) is 12.1 Å². The van der Waals surface area contributed by atoms with Crippen LogP contribution in [0.2, 0.25) is 0 Å². The van der Waals surface area contributed by atoms with Crippen molar-refractivity contribution in [2.45, 2.75) is 6.54 Å². The highest BCUT2D eigenvalue weighted by Gasteiger charge is 2.21. The number of benzene rings is 2. The van der Waals surface area contributed by atoms with Gasteiger partial charge < -0.3 is 4.57 Å². The summed E-state index contributed by atoms with van der Waals surface area (Å²) in [7, 11) is 0. The molecule has 102 valence electrons. The number of aromatic nitrogens is 2. The lowest BCUT2D eigenvalue weighted by atomic mass is 10.1. The Labute approximate surface area is 120 Å². The maximum atomic E-state index is 10.9. The molecule has 21 heavy (non-hydrogen) atoms. The number of nitro groups is 1. The number of nitro benzene ring substituents is 1. The normalized spacial score (nSPS) is 12.0. The fraction of sp³-hybridized carbons (Fsp3) is 0.0625. The van der Waals surface area contributed by atoms with Crippen molar-refractivity contribution in [1.82, 2.24) is 9.55 Å². The summed E-state index contributed by atoms with van der Waals surface area (Å²) in [6.07, 6.45) is 1.95. The molecule has 0 atom stereocenters. The molecule has 5 heteroatoms. The summed E-state index contributed by atoms with van der Waals surface area (Å²) in [4.78, 5) is 15.1. The van der Waals surface area contributed by atoms with E-state index >= 15 is 0 Å². The van der Waals surface area contributed by atoms with Gasteiger partial charge in [-0.2, -0.15) is 0 Å². The molecule has 1 aliphatic rings. The quantitative estimate of drug-likeness (QED) is 0.416. The maximum Gasteiger partial charge on any atom is 0.270 e. The largest absolute Gasteiger partial charge is 0.326 e. The average Bonchev–Trinajstić information content (AvgIpc) is 3.05. The van der Waals surface area contributed by atoms with Crippen molar-refractivity contribution in [3.05, 3.63) is 70.4 Å². The predicted octanol–water partition coefficient (Wildman–Crippen LogP) is 3.49. The Morgan fingerprint density at radius 2 is 2.00 bits per heavy atom. The van der Waals surface area contributed by atoms with Crippen LogP contribution in [0, 0.1) is 10.1 Å². The SMILES string of the molecule is O=[N+]([O-])c1cccc(-c2cn3c(n2)-c2ccccc2C3)c1. The Bertz CT molecular complexity index is 867. The first-order chi connectivity index (χ1) is 10.2. The zero-order chi connectivity index (χ0) is 14.4. The molecule has 2 heterocycles. The Balaban J connectivity index is 1.80. The second-order valence-corrected chi connectivity index (χ2v) is 5.04. The lowest BCUT2D eigenvalue weighted by Gasteiger charge is -1.99. The number of imidazole rings is 1. The van der Waals surface area contributed by atoms with Crippen molar-refractivity contribution in [3.8, 4) is 22.6 Å². The van der Waals surface area contributed by atoms with Crippen molar-refractivity contribution in [1.29, 1.82) is 0 Å². The third-order valence-corrected chi connectivity index (χ3v) is 3.73. The van der Waals surface area contributed by atoms with Crippen molar-refractivity contribution < 1.29 is 4.92 Å². The van der Waals surface area contributed by atoms with E-state index in [0.29, 0.717) is 0 Å². The number of fused-ring (bicyclic) bond motifs is 3. The Morgan fingerprint density at radius 1 is 1.14 bits per heavy atom. The van der Waals surface area contributed by atoms with Gasteiger partial charge in [-0.25, -0.2) is 4.98 Å². The fourth-order valence-corrected chi connectivity index (χ4v) is 2.73. The monoisotopic (exact) mass is 277 g/mol. The minimum absolute atomic E-state index is 0.0843. The molecule has 0 amide bonds. The van der Waals surface area contributed by atoms with E-state index in [9.17, 15) is 10.1 Å². The molecule has 0 aliphatic carbocycles. The number of hydrogen-bond donors (Lipinski definition) is 0. The van der Waals surface area contributed by atoms with Crippen LogP contribution in [0.5, 0.6) is 0 Å². The molecule has 0 spiro atoms. The van der Waals surface area contributed by atoms with Gasteiger partial charge in [-0.1, -0.05) is 36.4 Å². The van der Waals surface area contributed by atoms with Crippen LogP contribution in [0.4, 0.5) is 5.69 Å². The van der Waals surface area contributed by atoms with Crippen LogP contribution in [0.1, 0.15) is 5.56 Å². The fourth-order valence-electron chi connectivity index (χ4n) is 2.73. The summed E-state index contributed by atoms with van der Waals surface area (Å²) in [6, 6.07) is 14.7. The van der Waals surface area contributed by atoms with Gasteiger partial charge in [0.2, 0.25) is 0 Å². The van der Waals surface area contributed by atoms with Crippen LogP contribution in [0.25, 0.3) is 22.6 Å². The molecule has 1 aliphatic heterocycles. The van der Waals surface area contributed by atoms with E-state index < -0.39 is 0 Å². The number of nitrogens with zero attached hydrogens (tertiary/aromatic N) is 3. The van der Waals surface area contributed by atoms with Crippen molar-refractivity contribution in [2.75, 3.05) is 0 Å². The number of hydrogen-bond acceptors (Lipinski definition) is 3. The van der Waals surface area contributed by atoms with E-state index in [4.69, 9.17) is 0 Å². The van der Waals surface area contributed by atoms with Gasteiger partial charge in [-0.15, -0.1) is 0 Å². The van der Waals surface area contributed by atoms with Gasteiger partial charge in [0.15, 0.2) is 0 Å². The number of non-ortho nitro benzene ring substituents is 1. The van der Waals surface area contributed by atoms with Crippen LogP contribution >= 0.6 is 0 Å². The van der Waals surface area contributed by atoms with E-state index in [-0.39, 0.29) is 10.6 Å². The third-order valence-electron chi connectivity index (χ3n) is 3.73. The minimum atomic E-state index is -0.386. The zero-order valence-corrected chi connectivity index (χ0v) is 11.1. The van der Waals surface area contributed by atoms with Gasteiger partial charge in [0.05, 0.1) is 10.6 Å². The molecule has 1 aromatic heterocycles. The molecule has 0 radical (unpaired) electrons. The molecule has 4 rings (SSSR count). The van der Waals surface area contributed by atoms with Crippen LogP contribution in [-0.4, -0.2) is 14.5 Å². The van der Waals surface area contributed by atoms with E-state index in [1.807, 2.05) is 24.4 Å². The molecule has 0 bridgehead atoms. The summed E-state index contributed by atoms with van der Waals surface area (Å²) < 4.78 is 2.08. The van der Waals surface area contributed by atoms with Crippen molar-refractivity contribution in [2.24, 2.45) is 0 Å². The smallest absolute Gasteiger partial charge is 0.270 e. The molecular weight excluding hydrogens is 266 g/mol. The summed E-state index contributed by atoms with van der Waals surface area (Å²) >= 11 is 0. The van der Waals surface area contributed by atoms with Crippen LogP contribution in [0.3, 0.4) is 0 Å². The summed E-state index contributed by atoms with van der Waals surface area (Å²) in [5, 5.41) is 10.9. The number of rotatable bonds is 2. The molecule has 0 N–H and O–H groups in total. The Morgan fingerprint density at radius 3 is 2.86 bits per heavy atom. The van der Waals surface area contributed by atoms with Gasteiger partial charge in [-0.3, -0.25) is 10.1 Å². The van der Waals surface area contributed by atoms with E-state index in [0.717, 1.165) is 29.2 Å². The summed E-state index contributed by atoms with van der Waals surface area (Å²) in [5.74, 6) is 0.923. The highest BCUT2D eigenvalue weighted by atomic mass is 16.6. The van der Waals surface area contributed by atoms with Crippen LogP contribution < -0.4 is 0 Å². The van der Waals surface area contributed by atoms with Crippen molar-refractivity contribution in [3.63, 3.8) is 0 Å². The lowest BCUT2D eigenvalue weighted by Crippen LogP contribution is -1.90. The highest BCUT2D eigenvalue weighted by molar-refractivity contribution is 5.70. The second kappa shape index (κ2) is 4.28. The second-order valence-electron chi connectivity index (χ2n) is 5.04. The predicted molar refractivity (Wildman–Crippen MR) is 78.9 cm³/mol. The van der Waals surface area contributed by atoms with Gasteiger partial charge in [0.25, 0.3) is 5.69 Å². The standard InChI is InChI=1S/C16H11N3O2/c20-19(21)13-6-3-5-11(8-13)15-10-18-9-12-4-1-2-7-14(12)16(18)17-15/h1-8,10H,9H2. The molecule has 0 fully saturated rings. The van der Waals surface area contributed by atoms with Gasteiger partial charge >= 0.3 is 0 Å². The van der Waals surface area contributed by atoms with Crippen LogP contribution in [-0.2, 0) is 6.54 Å². The molecule has 5 nitrogen and oxygen atoms in total. The summed E-state index contributed by atoms with van der Waals surface area (Å²) in [6.45, 7) is 0.799. The molecule has 2 aromatic carbocycles. The minimum Gasteiger partial charge on any atom is -0.326 e. The Kier molecular flexibility index (Phi) is 2.41. The molecule has 3 aromatic rings. The Hall–Kier alpha value is -2.95. The highest BCUT2D eigenvalue weighted by Crippen LogP contribution is 2.33. The van der Waals surface area contributed by atoms with Gasteiger partial charge in [-0.05, 0) is 5.56 Å². The molecule has 0 saturated carbocycles. The molecular formula is C16H11N3O2. The van der Waals surface area contributed by atoms with Crippen LogP contribution in [0.15, 0.2) is 54.7 Å². The zero-order valence-electron chi connectivity index (χ0n) is 11.1. The van der Waals surface area contributed by atoms with Gasteiger partial charge in [0, 0.05) is 36.0 Å².